The molecule has 4 heteroatoms. The molecule has 2 heterocycles. The molecular weight excluding hydrogens is 288 g/mol. The van der Waals surface area contributed by atoms with E-state index in [4.69, 9.17) is 0 Å². The zero-order valence-corrected chi connectivity index (χ0v) is 12.9. The Balaban J connectivity index is 2.05. The molecule has 23 heavy (non-hydrogen) atoms. The molecule has 0 radical (unpaired) electrons. The SMILES string of the molecule is CC1CNCc2ccccc2-c2cc3ccc(C(=O)O)cc3n21. The molecule has 2 aromatic carbocycles. The van der Waals surface area contributed by atoms with Crippen LogP contribution in [0.3, 0.4) is 0 Å². The highest BCUT2D eigenvalue weighted by Gasteiger charge is 2.20. The maximum Gasteiger partial charge on any atom is 0.335 e. The summed E-state index contributed by atoms with van der Waals surface area (Å²) in [7, 11) is 0. The summed E-state index contributed by atoms with van der Waals surface area (Å²) < 4.78 is 2.26. The van der Waals surface area contributed by atoms with Gasteiger partial charge < -0.3 is 15.0 Å². The Kier molecular flexibility index (Phi) is 3.20. The van der Waals surface area contributed by atoms with Crippen molar-refractivity contribution < 1.29 is 9.90 Å². The van der Waals surface area contributed by atoms with Crippen LogP contribution in [-0.4, -0.2) is 22.2 Å². The number of hydrogen-bond donors (Lipinski definition) is 2. The number of fused-ring (bicyclic) bond motifs is 5. The molecule has 1 aliphatic heterocycles. The number of benzene rings is 2. The van der Waals surface area contributed by atoms with Gasteiger partial charge in [0.1, 0.15) is 0 Å². The normalized spacial score (nSPS) is 17.2. The fraction of sp³-hybridized carbons (Fsp3) is 0.211. The summed E-state index contributed by atoms with van der Waals surface area (Å²) in [4.78, 5) is 11.3. The monoisotopic (exact) mass is 306 g/mol. The number of hydrogen-bond acceptors (Lipinski definition) is 2. The molecular formula is C19H18N2O2. The first-order valence-corrected chi connectivity index (χ1v) is 7.82. The van der Waals surface area contributed by atoms with Gasteiger partial charge in [-0.1, -0.05) is 30.3 Å². The minimum absolute atomic E-state index is 0.250. The van der Waals surface area contributed by atoms with Crippen LogP contribution in [0.1, 0.15) is 28.9 Å². The Hall–Kier alpha value is -2.59. The van der Waals surface area contributed by atoms with Gasteiger partial charge >= 0.3 is 5.97 Å². The van der Waals surface area contributed by atoms with E-state index in [1.807, 2.05) is 6.07 Å². The summed E-state index contributed by atoms with van der Waals surface area (Å²) >= 11 is 0. The summed E-state index contributed by atoms with van der Waals surface area (Å²) in [6, 6.07) is 16.2. The number of rotatable bonds is 1. The third-order valence-corrected chi connectivity index (χ3v) is 4.58. The molecule has 0 spiro atoms. The molecule has 4 nitrogen and oxygen atoms in total. The van der Waals surface area contributed by atoms with E-state index in [0.717, 1.165) is 29.7 Å². The molecule has 3 aromatic rings. The van der Waals surface area contributed by atoms with Crippen molar-refractivity contribution >= 4 is 16.9 Å². The van der Waals surface area contributed by atoms with Gasteiger partial charge in [0.2, 0.25) is 0 Å². The third-order valence-electron chi connectivity index (χ3n) is 4.58. The van der Waals surface area contributed by atoms with Gasteiger partial charge in [-0.05, 0) is 30.7 Å². The van der Waals surface area contributed by atoms with Crippen molar-refractivity contribution in [2.45, 2.75) is 19.5 Å². The molecule has 1 aromatic heterocycles. The molecule has 0 aliphatic carbocycles. The molecule has 0 amide bonds. The topological polar surface area (TPSA) is 54.3 Å². The second-order valence-electron chi connectivity index (χ2n) is 6.12. The van der Waals surface area contributed by atoms with Crippen LogP contribution in [0.25, 0.3) is 22.2 Å². The van der Waals surface area contributed by atoms with Gasteiger partial charge in [0.05, 0.1) is 5.56 Å². The van der Waals surface area contributed by atoms with Crippen LogP contribution in [0, 0.1) is 0 Å². The average molecular weight is 306 g/mol. The van der Waals surface area contributed by atoms with Crippen LogP contribution < -0.4 is 5.32 Å². The lowest BCUT2D eigenvalue weighted by molar-refractivity contribution is 0.0697. The molecule has 1 atom stereocenters. The Labute approximate surface area is 134 Å². The second-order valence-corrected chi connectivity index (χ2v) is 6.12. The number of carboxylic acid groups (broad SMARTS) is 1. The zero-order valence-electron chi connectivity index (χ0n) is 12.9. The van der Waals surface area contributed by atoms with Crippen LogP contribution in [0.2, 0.25) is 0 Å². The molecule has 0 saturated heterocycles. The van der Waals surface area contributed by atoms with Crippen LogP contribution >= 0.6 is 0 Å². The Bertz CT molecular complexity index is 911. The highest BCUT2D eigenvalue weighted by Crippen LogP contribution is 2.34. The smallest absolute Gasteiger partial charge is 0.335 e. The first kappa shape index (κ1) is 14.0. The largest absolute Gasteiger partial charge is 0.478 e. The van der Waals surface area contributed by atoms with E-state index in [-0.39, 0.29) is 6.04 Å². The van der Waals surface area contributed by atoms with Crippen molar-refractivity contribution in [3.63, 3.8) is 0 Å². The first-order chi connectivity index (χ1) is 11.1. The Morgan fingerprint density at radius 3 is 2.87 bits per heavy atom. The maximum atomic E-state index is 11.3. The van der Waals surface area contributed by atoms with E-state index in [1.165, 1.54) is 11.1 Å². The van der Waals surface area contributed by atoms with Crippen molar-refractivity contribution in [3.8, 4) is 11.3 Å². The molecule has 1 unspecified atom stereocenters. The predicted molar refractivity (Wildman–Crippen MR) is 90.8 cm³/mol. The standard InChI is InChI=1S/C19H18N2O2/c1-12-10-20-11-15-4-2-3-5-16(15)18-8-13-6-7-14(19(22)23)9-17(13)21(12)18/h2-9,12,20H,10-11H2,1H3,(H,22,23). The van der Waals surface area contributed by atoms with E-state index in [0.29, 0.717) is 5.56 Å². The summed E-state index contributed by atoms with van der Waals surface area (Å²) in [5.74, 6) is -0.889. The van der Waals surface area contributed by atoms with Crippen molar-refractivity contribution in [3.05, 3.63) is 59.7 Å². The van der Waals surface area contributed by atoms with Crippen LogP contribution in [0.5, 0.6) is 0 Å². The van der Waals surface area contributed by atoms with Gasteiger partial charge in [0, 0.05) is 41.3 Å². The number of nitrogens with one attached hydrogen (secondary N) is 1. The third kappa shape index (κ3) is 2.23. The summed E-state index contributed by atoms with van der Waals surface area (Å²) in [5.41, 5.74) is 4.94. The van der Waals surface area contributed by atoms with E-state index < -0.39 is 5.97 Å². The van der Waals surface area contributed by atoms with Gasteiger partial charge in [0.25, 0.3) is 0 Å². The molecule has 0 fully saturated rings. The summed E-state index contributed by atoms with van der Waals surface area (Å²) in [6.07, 6.45) is 0. The number of aromatic nitrogens is 1. The van der Waals surface area contributed by atoms with Crippen LogP contribution in [-0.2, 0) is 6.54 Å². The van der Waals surface area contributed by atoms with Crippen molar-refractivity contribution in [1.82, 2.24) is 9.88 Å². The van der Waals surface area contributed by atoms with Crippen molar-refractivity contribution in [1.29, 1.82) is 0 Å². The van der Waals surface area contributed by atoms with E-state index >= 15 is 0 Å². The summed E-state index contributed by atoms with van der Waals surface area (Å²) in [5, 5.41) is 13.9. The molecule has 116 valence electrons. The predicted octanol–water partition coefficient (Wildman–Crippen LogP) is 3.67. The second kappa shape index (κ2) is 5.25. The van der Waals surface area contributed by atoms with E-state index in [1.54, 1.807) is 12.1 Å². The molecule has 0 saturated carbocycles. The lowest BCUT2D eigenvalue weighted by Gasteiger charge is -2.24. The number of carboxylic acids is 1. The van der Waals surface area contributed by atoms with Crippen LogP contribution in [0.15, 0.2) is 48.5 Å². The zero-order chi connectivity index (χ0) is 16.0. The number of nitrogens with zero attached hydrogens (tertiary/aromatic N) is 1. The Morgan fingerprint density at radius 2 is 2.04 bits per heavy atom. The van der Waals surface area contributed by atoms with Gasteiger partial charge in [0.15, 0.2) is 0 Å². The van der Waals surface area contributed by atoms with E-state index in [2.05, 4.69) is 47.1 Å². The van der Waals surface area contributed by atoms with Crippen LogP contribution in [0.4, 0.5) is 0 Å². The number of aromatic carboxylic acids is 1. The van der Waals surface area contributed by atoms with Gasteiger partial charge in [-0.2, -0.15) is 0 Å². The molecule has 2 N–H and O–H groups in total. The highest BCUT2D eigenvalue weighted by atomic mass is 16.4. The van der Waals surface area contributed by atoms with Gasteiger partial charge in [-0.3, -0.25) is 0 Å². The van der Waals surface area contributed by atoms with E-state index in [9.17, 15) is 9.90 Å². The molecule has 1 aliphatic rings. The summed E-state index contributed by atoms with van der Waals surface area (Å²) in [6.45, 7) is 3.86. The molecule has 4 rings (SSSR count). The number of carbonyl (C=O) groups is 1. The molecule has 0 bridgehead atoms. The lowest BCUT2D eigenvalue weighted by Crippen LogP contribution is -2.26. The lowest BCUT2D eigenvalue weighted by atomic mass is 10.0. The quantitative estimate of drug-likeness (QED) is 0.721. The average Bonchev–Trinajstić information content (AvgIpc) is 2.91. The van der Waals surface area contributed by atoms with Gasteiger partial charge in [-0.25, -0.2) is 4.79 Å². The van der Waals surface area contributed by atoms with Crippen molar-refractivity contribution in [2.24, 2.45) is 0 Å². The minimum Gasteiger partial charge on any atom is -0.478 e. The van der Waals surface area contributed by atoms with Gasteiger partial charge in [-0.15, -0.1) is 0 Å². The Morgan fingerprint density at radius 1 is 1.22 bits per heavy atom. The first-order valence-electron chi connectivity index (χ1n) is 7.82. The fourth-order valence-corrected chi connectivity index (χ4v) is 3.47. The maximum absolute atomic E-state index is 11.3. The highest BCUT2D eigenvalue weighted by molar-refractivity contribution is 5.95. The fourth-order valence-electron chi connectivity index (χ4n) is 3.47. The van der Waals surface area contributed by atoms with Crippen molar-refractivity contribution in [2.75, 3.05) is 6.54 Å². The minimum atomic E-state index is -0.889.